The summed E-state index contributed by atoms with van der Waals surface area (Å²) in [5, 5.41) is 5.87. The fourth-order valence-electron chi connectivity index (χ4n) is 1.31. The van der Waals surface area contributed by atoms with Gasteiger partial charge in [-0.3, -0.25) is 5.32 Å². The Kier molecular flexibility index (Phi) is 4.38. The molecule has 0 aliphatic heterocycles. The summed E-state index contributed by atoms with van der Waals surface area (Å²) in [6.45, 7) is 0. The summed E-state index contributed by atoms with van der Waals surface area (Å²) in [6.07, 6.45) is 1.53. The van der Waals surface area contributed by atoms with Crippen LogP contribution in [0.2, 0.25) is 5.02 Å². The molecule has 0 spiro atoms. The van der Waals surface area contributed by atoms with Gasteiger partial charge in [-0.15, -0.1) is 0 Å². The monoisotopic (exact) mass is 373 g/mol. The molecule has 0 radical (unpaired) electrons. The standard InChI is InChI=1S/C12H9ClIN3O/c13-8-5-6-15-11(7-8)17-12(18)16-10-4-2-1-3-9(10)14/h1-7H,(H2,15,16,17,18). The third-order valence-corrected chi connectivity index (χ3v) is 3.26. The molecule has 0 fully saturated rings. The van der Waals surface area contributed by atoms with Crippen molar-refractivity contribution in [3.05, 3.63) is 51.2 Å². The Morgan fingerprint density at radius 2 is 2.00 bits per heavy atom. The van der Waals surface area contributed by atoms with Crippen LogP contribution >= 0.6 is 34.2 Å². The number of halogens is 2. The van der Waals surface area contributed by atoms with Gasteiger partial charge in [-0.1, -0.05) is 23.7 Å². The Balaban J connectivity index is 2.03. The number of hydrogen-bond donors (Lipinski definition) is 2. The van der Waals surface area contributed by atoms with Gasteiger partial charge in [-0.25, -0.2) is 9.78 Å². The van der Waals surface area contributed by atoms with Crippen molar-refractivity contribution in [2.45, 2.75) is 0 Å². The Morgan fingerprint density at radius 1 is 1.22 bits per heavy atom. The number of pyridine rings is 1. The van der Waals surface area contributed by atoms with E-state index in [1.165, 1.54) is 6.20 Å². The van der Waals surface area contributed by atoms with Crippen molar-refractivity contribution >= 4 is 51.7 Å². The van der Waals surface area contributed by atoms with Crippen molar-refractivity contribution in [3.63, 3.8) is 0 Å². The van der Waals surface area contributed by atoms with Gasteiger partial charge in [-0.05, 0) is 46.9 Å². The lowest BCUT2D eigenvalue weighted by atomic mass is 10.3. The number of carbonyl (C=O) groups excluding carboxylic acids is 1. The molecule has 2 rings (SSSR count). The van der Waals surface area contributed by atoms with E-state index in [2.05, 4.69) is 38.2 Å². The lowest BCUT2D eigenvalue weighted by molar-refractivity contribution is 0.262. The van der Waals surface area contributed by atoms with Crippen LogP contribution in [0.4, 0.5) is 16.3 Å². The molecule has 0 aliphatic rings. The quantitative estimate of drug-likeness (QED) is 0.782. The topological polar surface area (TPSA) is 54.0 Å². The van der Waals surface area contributed by atoms with Crippen LogP contribution in [0.25, 0.3) is 0 Å². The minimum absolute atomic E-state index is 0.353. The minimum atomic E-state index is -0.353. The summed E-state index contributed by atoms with van der Waals surface area (Å²) < 4.78 is 0.962. The maximum atomic E-state index is 11.7. The van der Waals surface area contributed by atoms with Crippen LogP contribution in [-0.2, 0) is 0 Å². The number of nitrogens with one attached hydrogen (secondary N) is 2. The van der Waals surface area contributed by atoms with Crippen molar-refractivity contribution in [1.29, 1.82) is 0 Å². The van der Waals surface area contributed by atoms with E-state index in [1.54, 1.807) is 12.1 Å². The van der Waals surface area contributed by atoms with Crippen LogP contribution in [0.3, 0.4) is 0 Å². The first-order valence-corrected chi connectivity index (χ1v) is 6.55. The summed E-state index contributed by atoms with van der Waals surface area (Å²) in [5.74, 6) is 0.408. The van der Waals surface area contributed by atoms with Crippen LogP contribution in [0.5, 0.6) is 0 Å². The molecule has 1 aromatic carbocycles. The third-order valence-electron chi connectivity index (χ3n) is 2.09. The third kappa shape index (κ3) is 3.58. The largest absolute Gasteiger partial charge is 0.324 e. The predicted molar refractivity (Wildman–Crippen MR) is 81.0 cm³/mol. The van der Waals surface area contributed by atoms with Crippen molar-refractivity contribution < 1.29 is 4.79 Å². The molecule has 0 bridgehead atoms. The molecule has 4 nitrogen and oxygen atoms in total. The zero-order chi connectivity index (χ0) is 13.0. The van der Waals surface area contributed by atoms with E-state index in [0.29, 0.717) is 10.8 Å². The molecule has 1 aromatic heterocycles. The molecular weight excluding hydrogens is 365 g/mol. The average molecular weight is 374 g/mol. The van der Waals surface area contributed by atoms with E-state index in [-0.39, 0.29) is 6.03 Å². The second kappa shape index (κ2) is 6.01. The number of para-hydroxylation sites is 1. The molecule has 92 valence electrons. The molecule has 0 aliphatic carbocycles. The number of hydrogen-bond acceptors (Lipinski definition) is 2. The van der Waals surface area contributed by atoms with Gasteiger partial charge in [0.25, 0.3) is 0 Å². The van der Waals surface area contributed by atoms with Crippen molar-refractivity contribution in [1.82, 2.24) is 4.98 Å². The molecule has 2 aromatic rings. The van der Waals surface area contributed by atoms with E-state index in [4.69, 9.17) is 11.6 Å². The highest BCUT2D eigenvalue weighted by Crippen LogP contribution is 2.17. The zero-order valence-electron chi connectivity index (χ0n) is 9.15. The SMILES string of the molecule is O=C(Nc1cc(Cl)ccn1)Nc1ccccc1I. The molecule has 18 heavy (non-hydrogen) atoms. The van der Waals surface area contributed by atoms with Crippen LogP contribution in [0.1, 0.15) is 0 Å². The van der Waals surface area contributed by atoms with Crippen LogP contribution in [-0.4, -0.2) is 11.0 Å². The van der Waals surface area contributed by atoms with Gasteiger partial charge >= 0.3 is 6.03 Å². The smallest absolute Gasteiger partial charge is 0.307 e. The van der Waals surface area contributed by atoms with Gasteiger partial charge in [0, 0.05) is 14.8 Å². The number of nitrogens with zero attached hydrogens (tertiary/aromatic N) is 1. The summed E-state index contributed by atoms with van der Waals surface area (Å²) in [4.78, 5) is 15.7. The first-order chi connectivity index (χ1) is 8.65. The summed E-state index contributed by atoms with van der Waals surface area (Å²) in [6, 6.07) is 10.4. The Labute approximate surface area is 123 Å². The first kappa shape index (κ1) is 13.1. The van der Waals surface area contributed by atoms with Crippen molar-refractivity contribution in [3.8, 4) is 0 Å². The number of rotatable bonds is 2. The number of carbonyl (C=O) groups is 1. The first-order valence-electron chi connectivity index (χ1n) is 5.09. The molecule has 2 amide bonds. The molecular formula is C12H9ClIN3O. The van der Waals surface area contributed by atoms with Gasteiger partial charge < -0.3 is 5.32 Å². The fraction of sp³-hybridized carbons (Fsp3) is 0. The van der Waals surface area contributed by atoms with E-state index in [9.17, 15) is 4.79 Å². The van der Waals surface area contributed by atoms with Gasteiger partial charge in [0.15, 0.2) is 0 Å². The highest BCUT2D eigenvalue weighted by molar-refractivity contribution is 14.1. The van der Waals surface area contributed by atoms with Crippen LogP contribution < -0.4 is 10.6 Å². The Bertz CT molecular complexity index is 577. The lowest BCUT2D eigenvalue weighted by Gasteiger charge is -2.08. The number of aromatic nitrogens is 1. The highest BCUT2D eigenvalue weighted by Gasteiger charge is 2.05. The average Bonchev–Trinajstić information content (AvgIpc) is 2.32. The molecule has 0 saturated carbocycles. The highest BCUT2D eigenvalue weighted by atomic mass is 127. The molecule has 0 saturated heterocycles. The van der Waals surface area contributed by atoms with Crippen molar-refractivity contribution in [2.24, 2.45) is 0 Å². The van der Waals surface area contributed by atoms with Crippen molar-refractivity contribution in [2.75, 3.05) is 10.6 Å². The molecule has 0 unspecified atom stereocenters. The number of anilines is 2. The molecule has 6 heteroatoms. The molecule has 0 atom stereocenters. The number of urea groups is 1. The predicted octanol–water partition coefficient (Wildman–Crippen LogP) is 3.98. The normalized spacial score (nSPS) is 9.89. The van der Waals surface area contributed by atoms with Gasteiger partial charge in [-0.2, -0.15) is 0 Å². The lowest BCUT2D eigenvalue weighted by Crippen LogP contribution is -2.20. The molecule has 1 heterocycles. The summed E-state index contributed by atoms with van der Waals surface area (Å²) in [7, 11) is 0. The van der Waals surface area contributed by atoms with E-state index in [1.807, 2.05) is 24.3 Å². The van der Waals surface area contributed by atoms with Gasteiger partial charge in [0.05, 0.1) is 5.69 Å². The fourth-order valence-corrected chi connectivity index (χ4v) is 1.99. The van der Waals surface area contributed by atoms with Gasteiger partial charge in [0.1, 0.15) is 5.82 Å². The maximum absolute atomic E-state index is 11.7. The maximum Gasteiger partial charge on any atom is 0.324 e. The minimum Gasteiger partial charge on any atom is -0.307 e. The number of benzene rings is 1. The number of amides is 2. The summed E-state index contributed by atoms with van der Waals surface area (Å²) >= 11 is 7.95. The zero-order valence-corrected chi connectivity index (χ0v) is 12.1. The van der Waals surface area contributed by atoms with Crippen LogP contribution in [0, 0.1) is 3.57 Å². The summed E-state index contributed by atoms with van der Waals surface area (Å²) in [5.41, 5.74) is 0.748. The second-order valence-corrected chi connectivity index (χ2v) is 5.02. The second-order valence-electron chi connectivity index (χ2n) is 3.42. The van der Waals surface area contributed by atoms with E-state index < -0.39 is 0 Å². The Morgan fingerprint density at radius 3 is 2.72 bits per heavy atom. The van der Waals surface area contributed by atoms with E-state index in [0.717, 1.165) is 9.26 Å². The Hall–Kier alpha value is -1.34. The van der Waals surface area contributed by atoms with E-state index >= 15 is 0 Å². The van der Waals surface area contributed by atoms with Crippen LogP contribution in [0.15, 0.2) is 42.6 Å². The van der Waals surface area contributed by atoms with Gasteiger partial charge in [0.2, 0.25) is 0 Å². The molecule has 2 N–H and O–H groups in total.